The average molecular weight is 628 g/mol. The number of aromatic nitrogens is 1. The van der Waals surface area contributed by atoms with E-state index in [0.29, 0.717) is 17.9 Å². The van der Waals surface area contributed by atoms with Gasteiger partial charge in [0.05, 0.1) is 21.7 Å². The summed E-state index contributed by atoms with van der Waals surface area (Å²) in [7, 11) is -4.07. The smallest absolute Gasteiger partial charge is 0.261 e. The molecule has 0 aliphatic heterocycles. The number of carbonyl (C=O) groups excluding carboxylic acids is 1. The second-order valence-corrected chi connectivity index (χ2v) is 14.0. The molecule has 0 radical (unpaired) electrons. The van der Waals surface area contributed by atoms with E-state index in [4.69, 9.17) is 4.74 Å². The van der Waals surface area contributed by atoms with Crippen LogP contribution in [0.2, 0.25) is 0 Å². The first-order chi connectivity index (χ1) is 20.4. The number of hydrogen-bond acceptors (Lipinski definition) is 8. The molecule has 8 nitrogen and oxygen atoms in total. The van der Waals surface area contributed by atoms with Crippen LogP contribution < -0.4 is 14.9 Å². The van der Waals surface area contributed by atoms with Crippen molar-refractivity contribution in [1.82, 2.24) is 15.2 Å². The number of nitrogens with one attached hydrogen (secondary N) is 2. The summed E-state index contributed by atoms with van der Waals surface area (Å²) in [5, 5.41) is 9.30. The van der Waals surface area contributed by atoms with Crippen LogP contribution in [0.3, 0.4) is 0 Å². The molecule has 3 aromatic carbocycles. The van der Waals surface area contributed by atoms with Crippen molar-refractivity contribution in [1.29, 1.82) is 0 Å². The van der Waals surface area contributed by atoms with Crippen molar-refractivity contribution in [3.05, 3.63) is 83.9 Å². The summed E-state index contributed by atoms with van der Waals surface area (Å²) >= 11 is 3.16. The third-order valence-corrected chi connectivity index (χ3v) is 10.4. The predicted molar refractivity (Wildman–Crippen MR) is 169 cm³/mol. The summed E-state index contributed by atoms with van der Waals surface area (Å²) in [5.74, 6) is 0.804. The molecule has 4 rings (SSSR count). The van der Waals surface area contributed by atoms with Crippen molar-refractivity contribution >= 4 is 49.2 Å². The summed E-state index contributed by atoms with van der Waals surface area (Å²) < 4.78 is 36.5. The maximum atomic E-state index is 13.3. The summed E-state index contributed by atoms with van der Waals surface area (Å²) in [4.78, 5) is 17.1. The van der Waals surface area contributed by atoms with E-state index in [0.717, 1.165) is 33.2 Å². The number of benzene rings is 3. The SMILES string of the molecule is CCCCCCCSc1nc2ccc(S(=O)(=O)N[C@H](Cc3ccc(OCCc4ccccc4)cc3)C(=O)NO)cc2s1. The van der Waals surface area contributed by atoms with Crippen LogP contribution in [0.4, 0.5) is 0 Å². The Morgan fingerprint density at radius 2 is 1.76 bits per heavy atom. The maximum Gasteiger partial charge on any atom is 0.261 e. The van der Waals surface area contributed by atoms with Crippen LogP contribution in [0.25, 0.3) is 10.2 Å². The van der Waals surface area contributed by atoms with E-state index in [2.05, 4.69) is 16.6 Å². The maximum absolute atomic E-state index is 13.3. The third kappa shape index (κ3) is 9.53. The topological polar surface area (TPSA) is 118 Å². The Hall–Kier alpha value is -2.96. The van der Waals surface area contributed by atoms with E-state index in [1.54, 1.807) is 53.6 Å². The first-order valence-corrected chi connectivity index (χ1v) is 17.4. The fraction of sp³-hybridized carbons (Fsp3) is 0.355. The van der Waals surface area contributed by atoms with Gasteiger partial charge in [0.2, 0.25) is 10.0 Å². The third-order valence-electron chi connectivity index (χ3n) is 6.71. The average Bonchev–Trinajstić information content (AvgIpc) is 3.42. The zero-order chi connectivity index (χ0) is 29.8. The summed E-state index contributed by atoms with van der Waals surface area (Å²) in [6, 6.07) is 20.7. The van der Waals surface area contributed by atoms with Crippen LogP contribution in [-0.2, 0) is 27.7 Å². The number of sulfonamides is 1. The molecule has 224 valence electrons. The van der Waals surface area contributed by atoms with E-state index >= 15 is 0 Å². The number of thiazole rings is 1. The number of hydrogen-bond donors (Lipinski definition) is 3. The molecule has 0 fully saturated rings. The number of ether oxygens (including phenoxy) is 1. The molecule has 0 spiro atoms. The molecular formula is C31H37N3O5S3. The minimum absolute atomic E-state index is 0.0349. The zero-order valence-electron chi connectivity index (χ0n) is 23.6. The van der Waals surface area contributed by atoms with Crippen LogP contribution in [-0.4, -0.2) is 42.9 Å². The normalized spacial score (nSPS) is 12.3. The lowest BCUT2D eigenvalue weighted by atomic mass is 10.1. The van der Waals surface area contributed by atoms with E-state index < -0.39 is 22.0 Å². The molecule has 1 amide bonds. The van der Waals surface area contributed by atoms with Crippen molar-refractivity contribution < 1.29 is 23.2 Å². The largest absolute Gasteiger partial charge is 0.493 e. The molecule has 0 unspecified atom stereocenters. The van der Waals surface area contributed by atoms with Gasteiger partial charge in [0, 0.05) is 12.2 Å². The van der Waals surface area contributed by atoms with Crippen LogP contribution >= 0.6 is 23.1 Å². The van der Waals surface area contributed by atoms with Gasteiger partial charge in [-0.15, -0.1) is 11.3 Å². The molecule has 0 saturated carbocycles. The van der Waals surface area contributed by atoms with Gasteiger partial charge in [-0.2, -0.15) is 4.72 Å². The minimum Gasteiger partial charge on any atom is -0.493 e. The molecule has 0 aliphatic carbocycles. The molecule has 1 aromatic heterocycles. The molecule has 0 saturated heterocycles. The van der Waals surface area contributed by atoms with Crippen molar-refractivity contribution in [2.45, 2.75) is 67.1 Å². The highest BCUT2D eigenvalue weighted by molar-refractivity contribution is 8.01. The molecule has 0 bridgehead atoms. The number of unbranched alkanes of at least 4 members (excludes halogenated alkanes) is 4. The number of hydroxylamine groups is 1. The van der Waals surface area contributed by atoms with Gasteiger partial charge in [0.15, 0.2) is 4.34 Å². The summed E-state index contributed by atoms with van der Waals surface area (Å²) in [6.07, 6.45) is 6.87. The Kier molecular flexibility index (Phi) is 12.2. The number of carbonyl (C=O) groups is 1. The van der Waals surface area contributed by atoms with Crippen molar-refractivity contribution in [2.75, 3.05) is 12.4 Å². The first kappa shape index (κ1) is 32.0. The predicted octanol–water partition coefficient (Wildman–Crippen LogP) is 6.38. The van der Waals surface area contributed by atoms with Gasteiger partial charge >= 0.3 is 0 Å². The molecule has 11 heteroatoms. The molecule has 1 heterocycles. The van der Waals surface area contributed by atoms with E-state index in [-0.39, 0.29) is 11.3 Å². The van der Waals surface area contributed by atoms with Crippen molar-refractivity contribution in [2.24, 2.45) is 0 Å². The summed E-state index contributed by atoms with van der Waals surface area (Å²) in [5.41, 5.74) is 4.21. The quantitative estimate of drug-likeness (QED) is 0.0539. The highest BCUT2D eigenvalue weighted by Crippen LogP contribution is 2.32. The van der Waals surface area contributed by atoms with Gasteiger partial charge < -0.3 is 4.74 Å². The van der Waals surface area contributed by atoms with Crippen LogP contribution in [0.5, 0.6) is 5.75 Å². The van der Waals surface area contributed by atoms with Gasteiger partial charge in [0.25, 0.3) is 5.91 Å². The lowest BCUT2D eigenvalue weighted by Crippen LogP contribution is -2.47. The minimum atomic E-state index is -4.07. The Balaban J connectivity index is 1.36. The lowest BCUT2D eigenvalue weighted by Gasteiger charge is -2.17. The van der Waals surface area contributed by atoms with Gasteiger partial charge in [-0.1, -0.05) is 86.8 Å². The molecule has 0 aliphatic rings. The van der Waals surface area contributed by atoms with Gasteiger partial charge in [-0.05, 0) is 54.3 Å². The number of rotatable bonds is 17. The number of fused-ring (bicyclic) bond motifs is 1. The fourth-order valence-electron chi connectivity index (χ4n) is 4.39. The molecule has 1 atom stereocenters. The Morgan fingerprint density at radius 1 is 1.00 bits per heavy atom. The molecule has 3 N–H and O–H groups in total. The zero-order valence-corrected chi connectivity index (χ0v) is 26.1. The molecule has 42 heavy (non-hydrogen) atoms. The second kappa shape index (κ2) is 16.0. The van der Waals surface area contributed by atoms with Crippen LogP contribution in [0.15, 0.2) is 82.0 Å². The van der Waals surface area contributed by atoms with Crippen molar-refractivity contribution in [3.8, 4) is 5.75 Å². The standard InChI is InChI=1S/C31H37N3O5S3/c1-2-3-4-5-9-20-40-31-32-27-17-16-26(22-29(27)41-31)42(37,38)34-28(30(35)33-36)21-24-12-14-25(15-13-24)39-19-18-23-10-7-6-8-11-23/h6-8,10-17,22,28,34,36H,2-5,9,18-21H2,1H3,(H,33,35)/t28-/m1/s1. The Bertz CT molecular complexity index is 1530. The highest BCUT2D eigenvalue weighted by atomic mass is 32.2. The monoisotopic (exact) mass is 627 g/mol. The summed E-state index contributed by atoms with van der Waals surface area (Å²) in [6.45, 7) is 2.71. The first-order valence-electron chi connectivity index (χ1n) is 14.1. The molecular weight excluding hydrogens is 591 g/mol. The number of nitrogens with zero attached hydrogens (tertiary/aromatic N) is 1. The number of thioether (sulfide) groups is 1. The Morgan fingerprint density at radius 3 is 2.50 bits per heavy atom. The van der Waals surface area contributed by atoms with Gasteiger partial charge in [-0.25, -0.2) is 18.9 Å². The van der Waals surface area contributed by atoms with E-state index in [1.807, 2.05) is 30.3 Å². The van der Waals surface area contributed by atoms with Gasteiger partial charge in [-0.3, -0.25) is 10.0 Å². The van der Waals surface area contributed by atoms with E-state index in [9.17, 15) is 18.4 Å². The molecule has 4 aromatic rings. The number of amides is 1. The van der Waals surface area contributed by atoms with Crippen LogP contribution in [0, 0.1) is 0 Å². The van der Waals surface area contributed by atoms with Crippen molar-refractivity contribution in [3.63, 3.8) is 0 Å². The lowest BCUT2D eigenvalue weighted by molar-refractivity contribution is -0.130. The van der Waals surface area contributed by atoms with Crippen LogP contribution in [0.1, 0.15) is 50.2 Å². The highest BCUT2D eigenvalue weighted by Gasteiger charge is 2.26. The fourth-order valence-corrected chi connectivity index (χ4v) is 7.86. The Labute approximate surface area is 255 Å². The van der Waals surface area contributed by atoms with Gasteiger partial charge in [0.1, 0.15) is 11.8 Å². The second-order valence-electron chi connectivity index (χ2n) is 9.95. The van der Waals surface area contributed by atoms with E-state index in [1.165, 1.54) is 48.6 Å².